The topological polar surface area (TPSA) is 53.6 Å². The maximum atomic E-state index is 4.50. The Hall–Kier alpha value is -2.36. The number of hydrogen-bond donors (Lipinski definition) is 2. The zero-order valence-electron chi connectivity index (χ0n) is 11.8. The molecule has 1 saturated carbocycles. The predicted molar refractivity (Wildman–Crippen MR) is 84.4 cm³/mol. The molecule has 0 bridgehead atoms. The number of hydrogen-bond acceptors (Lipinski definition) is 3. The Morgan fingerprint density at radius 3 is 2.95 bits per heavy atom. The van der Waals surface area contributed by atoms with E-state index in [4.69, 9.17) is 0 Å². The van der Waals surface area contributed by atoms with E-state index in [2.05, 4.69) is 38.5 Å². The number of nitrogens with one attached hydrogen (secondary N) is 2. The molecular formula is C17H18N4. The molecule has 4 rings (SSSR count). The van der Waals surface area contributed by atoms with Crippen molar-refractivity contribution in [3.8, 4) is 0 Å². The fraction of sp³-hybridized carbons (Fsp3) is 0.294. The van der Waals surface area contributed by atoms with Gasteiger partial charge in [0.25, 0.3) is 0 Å². The van der Waals surface area contributed by atoms with Crippen LogP contribution in [0.3, 0.4) is 0 Å². The largest absolute Gasteiger partial charge is 0.370 e. The normalized spacial score (nSPS) is 14.5. The molecule has 4 heteroatoms. The molecule has 3 aromatic rings. The fourth-order valence-electron chi connectivity index (χ4n) is 2.58. The summed E-state index contributed by atoms with van der Waals surface area (Å²) in [6.07, 6.45) is 9.41. The molecule has 21 heavy (non-hydrogen) atoms. The van der Waals surface area contributed by atoms with Gasteiger partial charge in [-0.2, -0.15) is 0 Å². The molecule has 106 valence electrons. The Morgan fingerprint density at radius 2 is 2.14 bits per heavy atom. The van der Waals surface area contributed by atoms with Crippen molar-refractivity contribution >= 4 is 16.9 Å². The smallest absolute Gasteiger partial charge is 0.137 e. The van der Waals surface area contributed by atoms with Gasteiger partial charge in [0.2, 0.25) is 0 Å². The van der Waals surface area contributed by atoms with Gasteiger partial charge in [0, 0.05) is 36.9 Å². The van der Waals surface area contributed by atoms with Crippen molar-refractivity contribution in [3.05, 3.63) is 54.0 Å². The molecule has 0 saturated heterocycles. The van der Waals surface area contributed by atoms with Gasteiger partial charge in [-0.3, -0.25) is 0 Å². The van der Waals surface area contributed by atoms with Crippen LogP contribution in [0.5, 0.6) is 0 Å². The minimum Gasteiger partial charge on any atom is -0.370 e. The Bertz CT molecular complexity index is 741. The van der Waals surface area contributed by atoms with Crippen LogP contribution in [0.25, 0.3) is 11.0 Å². The number of aromatic nitrogens is 3. The first kappa shape index (κ1) is 12.4. The van der Waals surface area contributed by atoms with E-state index in [1.807, 2.05) is 24.7 Å². The minimum atomic E-state index is 0.866. The molecule has 2 N–H and O–H groups in total. The van der Waals surface area contributed by atoms with Crippen LogP contribution in [0, 0.1) is 5.92 Å². The van der Waals surface area contributed by atoms with Crippen molar-refractivity contribution in [2.75, 3.05) is 11.9 Å². The lowest BCUT2D eigenvalue weighted by atomic mass is 10.1. The van der Waals surface area contributed by atoms with Gasteiger partial charge < -0.3 is 10.3 Å². The fourth-order valence-corrected chi connectivity index (χ4v) is 2.58. The maximum absolute atomic E-state index is 4.50. The molecule has 0 atom stereocenters. The highest BCUT2D eigenvalue weighted by molar-refractivity contribution is 5.79. The number of nitrogens with zero attached hydrogens (tertiary/aromatic N) is 2. The van der Waals surface area contributed by atoms with Gasteiger partial charge in [-0.15, -0.1) is 0 Å². The van der Waals surface area contributed by atoms with E-state index >= 15 is 0 Å². The third-order valence-electron chi connectivity index (χ3n) is 4.02. The van der Waals surface area contributed by atoms with Crippen LogP contribution in [0.1, 0.15) is 24.0 Å². The SMILES string of the molecule is c1cnc2[nH]cc(Cc3ccc(NCC4CC4)nc3)c2c1. The second-order valence-electron chi connectivity index (χ2n) is 5.77. The summed E-state index contributed by atoms with van der Waals surface area (Å²) in [5.74, 6) is 1.84. The van der Waals surface area contributed by atoms with Crippen molar-refractivity contribution in [3.63, 3.8) is 0 Å². The lowest BCUT2D eigenvalue weighted by Gasteiger charge is -2.05. The molecule has 1 fully saturated rings. The second-order valence-corrected chi connectivity index (χ2v) is 5.77. The summed E-state index contributed by atoms with van der Waals surface area (Å²) in [6.45, 7) is 1.06. The first-order valence-electron chi connectivity index (χ1n) is 7.48. The summed E-state index contributed by atoms with van der Waals surface area (Å²) >= 11 is 0. The highest BCUT2D eigenvalue weighted by atomic mass is 15.0. The molecule has 1 aliphatic carbocycles. The number of anilines is 1. The molecule has 0 aliphatic heterocycles. The minimum absolute atomic E-state index is 0.866. The lowest BCUT2D eigenvalue weighted by Crippen LogP contribution is -2.04. The van der Waals surface area contributed by atoms with Crippen LogP contribution in [-0.2, 0) is 6.42 Å². The zero-order chi connectivity index (χ0) is 14.1. The predicted octanol–water partition coefficient (Wildman–Crippen LogP) is 3.37. The molecule has 3 heterocycles. The van der Waals surface area contributed by atoms with E-state index in [0.717, 1.165) is 30.3 Å². The van der Waals surface area contributed by atoms with Gasteiger partial charge in [0.1, 0.15) is 11.5 Å². The lowest BCUT2D eigenvalue weighted by molar-refractivity contribution is 0.882. The van der Waals surface area contributed by atoms with E-state index in [1.165, 1.54) is 29.4 Å². The van der Waals surface area contributed by atoms with Gasteiger partial charge in [-0.1, -0.05) is 6.07 Å². The molecule has 0 unspecified atom stereocenters. The average molecular weight is 278 g/mol. The number of fused-ring (bicyclic) bond motifs is 1. The molecule has 3 aromatic heterocycles. The van der Waals surface area contributed by atoms with Crippen LogP contribution in [0.4, 0.5) is 5.82 Å². The van der Waals surface area contributed by atoms with Crippen LogP contribution in [0.15, 0.2) is 42.9 Å². The van der Waals surface area contributed by atoms with Crippen molar-refractivity contribution < 1.29 is 0 Å². The highest BCUT2D eigenvalue weighted by Gasteiger charge is 2.20. The van der Waals surface area contributed by atoms with E-state index in [0.29, 0.717) is 0 Å². The van der Waals surface area contributed by atoms with Gasteiger partial charge in [0.05, 0.1) is 0 Å². The summed E-state index contributed by atoms with van der Waals surface area (Å²) in [4.78, 5) is 12.0. The van der Waals surface area contributed by atoms with Crippen LogP contribution >= 0.6 is 0 Å². The number of H-pyrrole nitrogens is 1. The molecular weight excluding hydrogens is 260 g/mol. The van der Waals surface area contributed by atoms with E-state index in [1.54, 1.807) is 0 Å². The zero-order valence-corrected chi connectivity index (χ0v) is 11.8. The molecule has 0 aromatic carbocycles. The van der Waals surface area contributed by atoms with Crippen LogP contribution < -0.4 is 5.32 Å². The third kappa shape index (κ3) is 2.75. The van der Waals surface area contributed by atoms with Crippen molar-refractivity contribution in [2.24, 2.45) is 5.92 Å². The standard InChI is InChI=1S/C17H18N4/c1-2-15-14(11-21-17(15)18-7-1)8-13-5-6-16(20-10-13)19-9-12-3-4-12/h1-2,5-7,10-12H,3-4,8-9H2,(H,18,21)(H,19,20). The van der Waals surface area contributed by atoms with Crippen molar-refractivity contribution in [2.45, 2.75) is 19.3 Å². The maximum Gasteiger partial charge on any atom is 0.137 e. The summed E-state index contributed by atoms with van der Waals surface area (Å²) in [5.41, 5.74) is 3.43. The molecule has 0 radical (unpaired) electrons. The Labute approximate surface area is 123 Å². The van der Waals surface area contributed by atoms with E-state index in [-0.39, 0.29) is 0 Å². The van der Waals surface area contributed by atoms with Crippen LogP contribution in [-0.4, -0.2) is 21.5 Å². The Balaban J connectivity index is 1.48. The average Bonchev–Trinajstić information content (AvgIpc) is 3.28. The number of rotatable bonds is 5. The Morgan fingerprint density at radius 1 is 1.19 bits per heavy atom. The van der Waals surface area contributed by atoms with Gasteiger partial charge >= 0.3 is 0 Å². The van der Waals surface area contributed by atoms with Crippen LogP contribution in [0.2, 0.25) is 0 Å². The van der Waals surface area contributed by atoms with Crippen molar-refractivity contribution in [1.82, 2.24) is 15.0 Å². The molecule has 4 nitrogen and oxygen atoms in total. The van der Waals surface area contributed by atoms with E-state index < -0.39 is 0 Å². The molecule has 0 spiro atoms. The summed E-state index contributed by atoms with van der Waals surface area (Å²) in [6, 6.07) is 8.30. The first-order chi connectivity index (χ1) is 10.4. The summed E-state index contributed by atoms with van der Waals surface area (Å²) in [7, 11) is 0. The quantitative estimate of drug-likeness (QED) is 0.752. The van der Waals surface area contributed by atoms with Crippen molar-refractivity contribution in [1.29, 1.82) is 0 Å². The third-order valence-corrected chi connectivity index (χ3v) is 4.02. The van der Waals surface area contributed by atoms with Gasteiger partial charge in [-0.05, 0) is 48.1 Å². The summed E-state index contributed by atoms with van der Waals surface area (Å²) < 4.78 is 0. The molecule has 0 amide bonds. The second kappa shape index (κ2) is 5.20. The first-order valence-corrected chi connectivity index (χ1v) is 7.48. The van der Waals surface area contributed by atoms with E-state index in [9.17, 15) is 0 Å². The van der Waals surface area contributed by atoms with Gasteiger partial charge in [0.15, 0.2) is 0 Å². The number of pyridine rings is 2. The summed E-state index contributed by atoms with van der Waals surface area (Å²) in [5, 5.41) is 4.58. The number of aromatic amines is 1. The Kier molecular flexibility index (Phi) is 3.07. The molecule has 1 aliphatic rings. The monoisotopic (exact) mass is 278 g/mol. The highest BCUT2D eigenvalue weighted by Crippen LogP contribution is 2.28. The van der Waals surface area contributed by atoms with Gasteiger partial charge in [-0.25, -0.2) is 9.97 Å².